The van der Waals surface area contributed by atoms with E-state index < -0.39 is 0 Å². The van der Waals surface area contributed by atoms with E-state index in [1.807, 2.05) is 0 Å². The zero-order chi connectivity index (χ0) is 10.6. The summed E-state index contributed by atoms with van der Waals surface area (Å²) in [5.41, 5.74) is 7.47. The highest BCUT2D eigenvalue weighted by molar-refractivity contribution is 5.14. The van der Waals surface area contributed by atoms with Crippen LogP contribution in [0.15, 0.2) is 24.3 Å². The molecule has 0 radical (unpaired) electrons. The highest BCUT2D eigenvalue weighted by atomic mass is 127. The topological polar surface area (TPSA) is 26.0 Å². The van der Waals surface area contributed by atoms with Crippen molar-refractivity contribution in [1.29, 1.82) is 0 Å². The van der Waals surface area contributed by atoms with Gasteiger partial charge in [-0.15, -0.1) is 0 Å². The van der Waals surface area contributed by atoms with Crippen molar-refractivity contribution < 1.29 is 22.6 Å². The summed E-state index contributed by atoms with van der Waals surface area (Å²) in [7, 11) is 0. The van der Waals surface area contributed by atoms with E-state index in [0.29, 0.717) is 12.0 Å². The molecule has 1 rings (SSSR count). The van der Waals surface area contributed by atoms with E-state index in [-0.39, 0.29) is 0 Å². The zero-order valence-corrected chi connectivity index (χ0v) is 11.2. The molecule has 0 spiro atoms. The van der Waals surface area contributed by atoms with Gasteiger partial charge in [-0.25, -0.2) is 0 Å². The van der Waals surface area contributed by atoms with Gasteiger partial charge in [-0.2, -0.15) is 0 Å². The predicted molar refractivity (Wildman–Crippen MR) is 57.7 cm³/mol. The lowest BCUT2D eigenvalue weighted by atomic mass is 9.98. The summed E-state index contributed by atoms with van der Waals surface area (Å²) in [5.74, 6) is 0.690. The lowest BCUT2D eigenvalue weighted by Crippen LogP contribution is -3.34. The maximum Gasteiger partial charge on any atom is 0.297 e. The van der Waals surface area contributed by atoms with Gasteiger partial charge in [0.25, 0.3) is 22.6 Å². The van der Waals surface area contributed by atoms with Crippen molar-refractivity contribution in [3.63, 3.8) is 0 Å². The van der Waals surface area contributed by atoms with E-state index >= 15 is 0 Å². The first kappa shape index (κ1) is 12.0. The van der Waals surface area contributed by atoms with Crippen LogP contribution in [0.25, 0.3) is 0 Å². The Bertz CT molecular complexity index is 283. The molecule has 1 atom stereocenters. The molecule has 0 heterocycles. The Morgan fingerprint density at radius 2 is 1.93 bits per heavy atom. The van der Waals surface area contributed by atoms with Gasteiger partial charge in [-0.3, -0.25) is 0 Å². The Hall–Kier alpha value is -0.0900. The molecular weight excluding hydrogens is 285 g/mol. The SMILES string of the molecule is CC(C)C[C@H](N)Cc1ccccc1[IH+]. The lowest BCUT2D eigenvalue weighted by Gasteiger charge is -2.13. The average molecular weight is 304 g/mol. The van der Waals surface area contributed by atoms with Gasteiger partial charge in [0.05, 0.1) is 0 Å². The Kier molecular flexibility index (Phi) is 4.89. The van der Waals surface area contributed by atoms with Crippen molar-refractivity contribution in [2.24, 2.45) is 11.7 Å². The van der Waals surface area contributed by atoms with E-state index in [1.165, 1.54) is 9.13 Å². The fraction of sp³-hybridized carbons (Fsp3) is 0.500. The van der Waals surface area contributed by atoms with Crippen LogP contribution in [0.3, 0.4) is 0 Å². The first-order valence-electron chi connectivity index (χ1n) is 5.10. The maximum absolute atomic E-state index is 6.08. The molecule has 1 aromatic carbocycles. The fourth-order valence-electron chi connectivity index (χ4n) is 1.64. The molecule has 1 nitrogen and oxygen atoms in total. The van der Waals surface area contributed by atoms with Gasteiger partial charge >= 0.3 is 0 Å². The smallest absolute Gasteiger partial charge is 0.297 e. The van der Waals surface area contributed by atoms with Gasteiger partial charge in [0.15, 0.2) is 3.57 Å². The molecule has 0 aliphatic rings. The van der Waals surface area contributed by atoms with E-state index in [1.54, 1.807) is 0 Å². The van der Waals surface area contributed by atoms with Crippen molar-refractivity contribution in [2.75, 3.05) is 0 Å². The maximum atomic E-state index is 6.08. The first-order valence-corrected chi connectivity index (χ1v) is 6.26. The van der Waals surface area contributed by atoms with Gasteiger partial charge in [-0.1, -0.05) is 32.0 Å². The minimum atomic E-state index is 0.304. The minimum Gasteiger partial charge on any atom is -0.327 e. The average Bonchev–Trinajstić information content (AvgIpc) is 2.07. The van der Waals surface area contributed by atoms with E-state index in [0.717, 1.165) is 12.8 Å². The molecule has 14 heavy (non-hydrogen) atoms. The summed E-state index contributed by atoms with van der Waals surface area (Å²) < 4.78 is 1.36. The molecule has 0 fully saturated rings. The van der Waals surface area contributed by atoms with Crippen LogP contribution in [-0.4, -0.2) is 6.04 Å². The van der Waals surface area contributed by atoms with Crippen molar-refractivity contribution >= 4 is 0 Å². The minimum absolute atomic E-state index is 0.304. The lowest BCUT2D eigenvalue weighted by molar-refractivity contribution is -0.329. The van der Waals surface area contributed by atoms with Crippen molar-refractivity contribution in [3.05, 3.63) is 33.4 Å². The molecule has 0 saturated carbocycles. The number of benzene rings is 1. The van der Waals surface area contributed by atoms with Gasteiger partial charge in [-0.05, 0) is 24.8 Å². The molecule has 0 unspecified atom stereocenters. The molecule has 0 aromatic heterocycles. The Balaban J connectivity index is 2.56. The second-order valence-electron chi connectivity index (χ2n) is 4.20. The van der Waals surface area contributed by atoms with E-state index in [2.05, 4.69) is 60.7 Å². The van der Waals surface area contributed by atoms with Crippen LogP contribution in [0.1, 0.15) is 25.8 Å². The fourth-order valence-corrected chi connectivity index (χ4v) is 2.30. The predicted octanol–water partition coefficient (Wildman–Crippen LogP) is -0.942. The second-order valence-corrected chi connectivity index (χ2v) is 5.46. The zero-order valence-electron chi connectivity index (χ0n) is 8.86. The van der Waals surface area contributed by atoms with Crippen LogP contribution < -0.4 is 28.3 Å². The van der Waals surface area contributed by atoms with Crippen LogP contribution in [-0.2, 0) is 6.42 Å². The van der Waals surface area contributed by atoms with Crippen LogP contribution in [0.4, 0.5) is 0 Å². The standard InChI is InChI=1S/C12H19IN/c1-9(2)7-11(14)8-10-5-3-4-6-12(10)13/h3-6,9,11,13H,7-8,14H2,1-2H3/q+1/t11-/m0/s1. The molecule has 0 aliphatic heterocycles. The molecule has 2 heteroatoms. The summed E-state index contributed by atoms with van der Waals surface area (Å²) in [4.78, 5) is 0. The highest BCUT2D eigenvalue weighted by Gasteiger charge is 2.11. The molecule has 2 N–H and O–H groups in total. The highest BCUT2D eigenvalue weighted by Crippen LogP contribution is 2.08. The van der Waals surface area contributed by atoms with E-state index in [9.17, 15) is 0 Å². The van der Waals surface area contributed by atoms with Crippen LogP contribution >= 0.6 is 0 Å². The number of halogens is 1. The summed E-state index contributed by atoms with van der Waals surface area (Å²) in [5, 5.41) is 0. The second kappa shape index (κ2) is 5.71. The van der Waals surface area contributed by atoms with Crippen molar-refractivity contribution in [2.45, 2.75) is 32.7 Å². The van der Waals surface area contributed by atoms with Gasteiger partial charge < -0.3 is 5.73 Å². The molecule has 1 aromatic rings. The van der Waals surface area contributed by atoms with Crippen molar-refractivity contribution in [3.8, 4) is 0 Å². The van der Waals surface area contributed by atoms with Gasteiger partial charge in [0.1, 0.15) is 0 Å². The van der Waals surface area contributed by atoms with E-state index in [4.69, 9.17) is 5.73 Å². The third-order valence-electron chi connectivity index (χ3n) is 2.23. The third kappa shape index (κ3) is 3.96. The Morgan fingerprint density at radius 3 is 2.50 bits per heavy atom. The number of nitrogens with two attached hydrogens (primary N) is 1. The molecule has 0 aliphatic carbocycles. The third-order valence-corrected chi connectivity index (χ3v) is 3.37. The number of hydrogen-bond donors (Lipinski definition) is 1. The number of rotatable bonds is 4. The largest absolute Gasteiger partial charge is 0.327 e. The quantitative estimate of drug-likeness (QED) is 0.714. The first-order chi connectivity index (χ1) is 6.59. The number of hydrogen-bond acceptors (Lipinski definition) is 1. The van der Waals surface area contributed by atoms with Crippen LogP contribution in [0.2, 0.25) is 0 Å². The molecule has 0 bridgehead atoms. The Morgan fingerprint density at radius 1 is 1.29 bits per heavy atom. The monoisotopic (exact) mass is 304 g/mol. The normalized spacial score (nSPS) is 13.2. The van der Waals surface area contributed by atoms with Crippen LogP contribution in [0.5, 0.6) is 0 Å². The van der Waals surface area contributed by atoms with Gasteiger partial charge in [0, 0.05) is 11.6 Å². The van der Waals surface area contributed by atoms with Gasteiger partial charge in [0.2, 0.25) is 0 Å². The summed E-state index contributed by atoms with van der Waals surface area (Å²) in [6.07, 6.45) is 2.11. The summed E-state index contributed by atoms with van der Waals surface area (Å²) in [6.45, 7) is 4.44. The molecule has 0 saturated heterocycles. The van der Waals surface area contributed by atoms with Crippen molar-refractivity contribution in [1.82, 2.24) is 0 Å². The molecule has 78 valence electrons. The Labute approximate surface area is 100 Å². The summed E-state index contributed by atoms with van der Waals surface area (Å²) >= 11 is 2.08. The summed E-state index contributed by atoms with van der Waals surface area (Å²) in [6, 6.07) is 8.80. The molecule has 0 amide bonds. The van der Waals surface area contributed by atoms with Crippen LogP contribution in [0, 0.1) is 9.49 Å². The molecular formula is C12H19IN+.